The predicted octanol–water partition coefficient (Wildman–Crippen LogP) is 12.5. The van der Waals surface area contributed by atoms with E-state index in [0.29, 0.717) is 0 Å². The predicted molar refractivity (Wildman–Crippen MR) is 188 cm³/mol. The third kappa shape index (κ3) is 3.82. The minimum absolute atomic E-state index is 1.24. The lowest BCUT2D eigenvalue weighted by Crippen LogP contribution is -1.91. The van der Waals surface area contributed by atoms with Crippen LogP contribution in [0, 0.1) is 0 Å². The molecule has 0 bridgehead atoms. The van der Waals surface area contributed by atoms with Crippen LogP contribution in [0.5, 0.6) is 0 Å². The van der Waals surface area contributed by atoms with Crippen LogP contribution in [0.4, 0.5) is 0 Å². The normalized spacial score (nSPS) is 11.7. The average molecular weight is 563 g/mol. The van der Waals surface area contributed by atoms with Crippen LogP contribution in [-0.2, 0) is 0 Å². The molecule has 0 atom stereocenters. The molecule has 0 aliphatic carbocycles. The Hall–Kier alpha value is -5.24. The molecule has 8 aromatic carbocycles. The first kappa shape index (κ1) is 24.4. The fourth-order valence-electron chi connectivity index (χ4n) is 6.95. The minimum Gasteiger partial charge on any atom is -0.135 e. The van der Waals surface area contributed by atoms with E-state index < -0.39 is 0 Å². The molecule has 0 amide bonds. The minimum atomic E-state index is 1.24. The quantitative estimate of drug-likeness (QED) is 0.188. The van der Waals surface area contributed by atoms with Crippen LogP contribution in [-0.4, -0.2) is 0 Å². The second kappa shape index (κ2) is 9.66. The van der Waals surface area contributed by atoms with Crippen LogP contribution < -0.4 is 0 Å². The van der Waals surface area contributed by atoms with Crippen LogP contribution in [0.15, 0.2) is 158 Å². The zero-order valence-electron chi connectivity index (χ0n) is 23.4. The Bertz CT molecular complexity index is 2440. The Labute approximate surface area is 254 Å². The number of hydrogen-bond donors (Lipinski definition) is 0. The fraction of sp³-hybridized carbons (Fsp3) is 0. The smallest absolute Gasteiger partial charge is 0.0362 e. The van der Waals surface area contributed by atoms with Crippen molar-refractivity contribution < 1.29 is 0 Å². The maximum Gasteiger partial charge on any atom is 0.0362 e. The van der Waals surface area contributed by atoms with Crippen molar-refractivity contribution >= 4 is 63.8 Å². The highest BCUT2D eigenvalue weighted by atomic mass is 32.1. The summed E-state index contributed by atoms with van der Waals surface area (Å²) in [5, 5.41) is 10.4. The number of hydrogen-bond acceptors (Lipinski definition) is 1. The van der Waals surface area contributed by atoms with Gasteiger partial charge in [0, 0.05) is 20.2 Å². The lowest BCUT2D eigenvalue weighted by Gasteiger charge is -2.18. The summed E-state index contributed by atoms with van der Waals surface area (Å²) < 4.78 is 2.68. The van der Waals surface area contributed by atoms with Crippen molar-refractivity contribution in [2.45, 2.75) is 0 Å². The highest BCUT2D eigenvalue weighted by Crippen LogP contribution is 2.45. The summed E-state index contributed by atoms with van der Waals surface area (Å²) in [6.45, 7) is 0. The SMILES string of the molecule is c1ccc(-c2c3ccccc3c(-c3cccc(-c4cccc5cc6c(cc45)sc4ccccc46)c3)c3ccccc23)cc1. The van der Waals surface area contributed by atoms with E-state index >= 15 is 0 Å². The van der Waals surface area contributed by atoms with Gasteiger partial charge in [-0.15, -0.1) is 11.3 Å². The van der Waals surface area contributed by atoms with Crippen LogP contribution in [0.2, 0.25) is 0 Å². The Balaban J connectivity index is 1.30. The summed E-state index contributed by atoms with van der Waals surface area (Å²) in [7, 11) is 0. The third-order valence-corrected chi connectivity index (χ3v) is 9.97. The van der Waals surface area contributed by atoms with Gasteiger partial charge in [0.15, 0.2) is 0 Å². The van der Waals surface area contributed by atoms with Gasteiger partial charge in [0.2, 0.25) is 0 Å². The van der Waals surface area contributed by atoms with Crippen molar-refractivity contribution in [2.24, 2.45) is 0 Å². The van der Waals surface area contributed by atoms with Crippen LogP contribution >= 0.6 is 11.3 Å². The van der Waals surface area contributed by atoms with E-state index in [1.807, 2.05) is 11.3 Å². The largest absolute Gasteiger partial charge is 0.135 e. The van der Waals surface area contributed by atoms with Crippen molar-refractivity contribution in [3.8, 4) is 33.4 Å². The molecule has 0 radical (unpaired) electrons. The number of fused-ring (bicyclic) bond motifs is 6. The third-order valence-electron chi connectivity index (χ3n) is 8.83. The number of rotatable bonds is 3. The Kier molecular flexibility index (Phi) is 5.47. The highest BCUT2D eigenvalue weighted by Gasteiger charge is 2.17. The van der Waals surface area contributed by atoms with Gasteiger partial charge < -0.3 is 0 Å². The van der Waals surface area contributed by atoms with Crippen molar-refractivity contribution in [3.05, 3.63) is 158 Å². The summed E-state index contributed by atoms with van der Waals surface area (Å²) >= 11 is 1.88. The van der Waals surface area contributed by atoms with Crippen LogP contribution in [0.1, 0.15) is 0 Å². The van der Waals surface area contributed by atoms with E-state index in [1.165, 1.54) is 85.9 Å². The van der Waals surface area contributed by atoms with E-state index in [4.69, 9.17) is 0 Å². The van der Waals surface area contributed by atoms with Crippen LogP contribution in [0.25, 0.3) is 85.9 Å². The molecular weight excluding hydrogens is 537 g/mol. The van der Waals surface area contributed by atoms with Crippen LogP contribution in [0.3, 0.4) is 0 Å². The standard InChI is InChI=1S/C42H26S/c1-2-12-27(13-3-1)41-33-18-4-6-20-35(33)42(36-21-7-5-19-34(36)41)30-16-10-14-28(24-30)31-22-11-15-29-25-38-32-17-8-9-23-39(32)43-40(38)26-37(29)31/h1-26H. The number of thiophene rings is 1. The molecule has 0 unspecified atom stereocenters. The van der Waals surface area contributed by atoms with Gasteiger partial charge in [0.05, 0.1) is 0 Å². The zero-order chi connectivity index (χ0) is 28.3. The van der Waals surface area contributed by atoms with E-state index in [2.05, 4.69) is 158 Å². The average Bonchev–Trinajstić information content (AvgIpc) is 3.43. The molecule has 0 aliphatic rings. The van der Waals surface area contributed by atoms with Crippen molar-refractivity contribution in [1.82, 2.24) is 0 Å². The van der Waals surface area contributed by atoms with E-state index in [9.17, 15) is 0 Å². The van der Waals surface area contributed by atoms with Gasteiger partial charge in [-0.2, -0.15) is 0 Å². The molecule has 9 rings (SSSR count). The molecule has 1 heteroatoms. The molecule has 0 saturated carbocycles. The summed E-state index contributed by atoms with van der Waals surface area (Å²) in [4.78, 5) is 0. The molecule has 0 fully saturated rings. The Morgan fingerprint density at radius 2 is 0.860 bits per heavy atom. The first-order chi connectivity index (χ1) is 21.3. The van der Waals surface area contributed by atoms with Gasteiger partial charge in [-0.3, -0.25) is 0 Å². The van der Waals surface area contributed by atoms with Crippen molar-refractivity contribution in [1.29, 1.82) is 0 Å². The summed E-state index contributed by atoms with van der Waals surface area (Å²) in [5.74, 6) is 0. The summed E-state index contributed by atoms with van der Waals surface area (Å²) in [6.07, 6.45) is 0. The molecule has 0 spiro atoms. The molecular formula is C42H26S. The monoisotopic (exact) mass is 562 g/mol. The first-order valence-electron chi connectivity index (χ1n) is 14.8. The maximum absolute atomic E-state index is 2.40. The molecule has 1 aromatic heterocycles. The van der Waals surface area contributed by atoms with E-state index in [1.54, 1.807) is 0 Å². The number of benzene rings is 8. The van der Waals surface area contributed by atoms with Gasteiger partial charge in [-0.25, -0.2) is 0 Å². The first-order valence-corrected chi connectivity index (χ1v) is 15.6. The Morgan fingerprint density at radius 1 is 0.302 bits per heavy atom. The lowest BCUT2D eigenvalue weighted by molar-refractivity contribution is 1.63. The topological polar surface area (TPSA) is 0 Å². The molecule has 0 saturated heterocycles. The molecule has 0 nitrogen and oxygen atoms in total. The highest BCUT2D eigenvalue weighted by molar-refractivity contribution is 7.25. The molecule has 9 aromatic rings. The van der Waals surface area contributed by atoms with Gasteiger partial charge in [-0.1, -0.05) is 133 Å². The molecule has 1 heterocycles. The summed E-state index contributed by atoms with van der Waals surface area (Å²) in [5.41, 5.74) is 7.59. The summed E-state index contributed by atoms with van der Waals surface area (Å²) in [6, 6.07) is 58.0. The zero-order valence-corrected chi connectivity index (χ0v) is 24.2. The van der Waals surface area contributed by atoms with E-state index in [-0.39, 0.29) is 0 Å². The van der Waals surface area contributed by atoms with Crippen molar-refractivity contribution in [3.63, 3.8) is 0 Å². The fourth-order valence-corrected chi connectivity index (χ4v) is 8.07. The second-order valence-electron chi connectivity index (χ2n) is 11.3. The van der Waals surface area contributed by atoms with Gasteiger partial charge in [-0.05, 0) is 90.0 Å². The maximum atomic E-state index is 2.40. The molecule has 200 valence electrons. The van der Waals surface area contributed by atoms with Gasteiger partial charge >= 0.3 is 0 Å². The lowest BCUT2D eigenvalue weighted by atomic mass is 9.85. The van der Waals surface area contributed by atoms with Gasteiger partial charge in [0.1, 0.15) is 0 Å². The van der Waals surface area contributed by atoms with E-state index in [0.717, 1.165) is 0 Å². The molecule has 0 aliphatic heterocycles. The van der Waals surface area contributed by atoms with Gasteiger partial charge in [0.25, 0.3) is 0 Å². The molecule has 43 heavy (non-hydrogen) atoms. The second-order valence-corrected chi connectivity index (χ2v) is 12.3. The molecule has 0 N–H and O–H groups in total. The Morgan fingerprint density at radius 3 is 1.58 bits per heavy atom. The van der Waals surface area contributed by atoms with Crippen molar-refractivity contribution in [2.75, 3.05) is 0 Å².